The number of furan rings is 1. The minimum Gasteiger partial charge on any atom is -0.468 e. The minimum atomic E-state index is -0.220. The number of carbonyl (C=O) groups is 1. The summed E-state index contributed by atoms with van der Waals surface area (Å²) >= 11 is 0. The molecule has 1 amide bonds. The fourth-order valence-corrected chi connectivity index (χ4v) is 2.89. The summed E-state index contributed by atoms with van der Waals surface area (Å²) in [6.07, 6.45) is 6.66. The van der Waals surface area contributed by atoms with Crippen LogP contribution >= 0.6 is 0 Å². The summed E-state index contributed by atoms with van der Waals surface area (Å²) in [4.78, 5) is 15.0. The lowest BCUT2D eigenvalue weighted by Gasteiger charge is -2.27. The highest BCUT2D eigenvalue weighted by atomic mass is 16.3. The lowest BCUT2D eigenvalue weighted by Crippen LogP contribution is -2.43. The van der Waals surface area contributed by atoms with Crippen molar-refractivity contribution >= 4 is 11.7 Å². The molecule has 2 atom stereocenters. The molecule has 0 spiro atoms. The molecule has 2 aromatic heterocycles. The Hall–Kier alpha value is -2.08. The van der Waals surface area contributed by atoms with E-state index in [1.165, 1.54) is 0 Å². The van der Waals surface area contributed by atoms with Gasteiger partial charge in [-0.2, -0.15) is 5.10 Å². The Morgan fingerprint density at radius 3 is 2.88 bits per heavy atom. The Labute approximate surface area is 142 Å². The normalized spacial score (nSPS) is 17.0. The van der Waals surface area contributed by atoms with Crippen LogP contribution in [-0.4, -0.2) is 32.7 Å². The molecule has 0 saturated heterocycles. The third-order valence-electron chi connectivity index (χ3n) is 4.74. The SMILES string of the molecule is CCC(C)n1nccc1NC(=O)C(C)N(Cc1ccco1)C1CC1. The number of nitrogens with one attached hydrogen (secondary N) is 1. The van der Waals surface area contributed by atoms with Gasteiger partial charge in [-0.05, 0) is 45.2 Å². The van der Waals surface area contributed by atoms with E-state index in [1.807, 2.05) is 29.8 Å². The van der Waals surface area contributed by atoms with Crippen molar-refractivity contribution in [3.05, 3.63) is 36.4 Å². The van der Waals surface area contributed by atoms with Crippen molar-refractivity contribution in [2.75, 3.05) is 5.32 Å². The predicted octanol–water partition coefficient (Wildman–Crippen LogP) is 3.44. The van der Waals surface area contributed by atoms with Crippen molar-refractivity contribution in [2.45, 2.75) is 64.7 Å². The van der Waals surface area contributed by atoms with Crippen LogP contribution in [0.2, 0.25) is 0 Å². The maximum atomic E-state index is 12.8. The molecule has 0 radical (unpaired) electrons. The first-order valence-electron chi connectivity index (χ1n) is 8.72. The lowest BCUT2D eigenvalue weighted by molar-refractivity contribution is -0.121. The third kappa shape index (κ3) is 3.70. The Morgan fingerprint density at radius 1 is 1.46 bits per heavy atom. The summed E-state index contributed by atoms with van der Waals surface area (Å²) < 4.78 is 7.33. The zero-order valence-corrected chi connectivity index (χ0v) is 14.6. The van der Waals surface area contributed by atoms with Crippen molar-refractivity contribution in [2.24, 2.45) is 0 Å². The molecule has 6 heteroatoms. The van der Waals surface area contributed by atoms with Crippen LogP contribution < -0.4 is 5.32 Å². The summed E-state index contributed by atoms with van der Waals surface area (Å²) in [7, 11) is 0. The molecule has 2 aromatic rings. The average Bonchev–Trinajstić information content (AvgIpc) is 3.09. The zero-order chi connectivity index (χ0) is 17.1. The number of amides is 1. The molecule has 2 unspecified atom stereocenters. The Balaban J connectivity index is 1.68. The van der Waals surface area contributed by atoms with E-state index in [0.717, 1.165) is 30.8 Å². The van der Waals surface area contributed by atoms with E-state index in [0.29, 0.717) is 12.6 Å². The van der Waals surface area contributed by atoms with Gasteiger partial charge >= 0.3 is 0 Å². The maximum absolute atomic E-state index is 12.8. The largest absolute Gasteiger partial charge is 0.468 e. The van der Waals surface area contributed by atoms with Crippen LogP contribution in [-0.2, 0) is 11.3 Å². The van der Waals surface area contributed by atoms with Gasteiger partial charge in [0.15, 0.2) is 0 Å². The smallest absolute Gasteiger partial charge is 0.242 e. The quantitative estimate of drug-likeness (QED) is 0.805. The highest BCUT2D eigenvalue weighted by molar-refractivity contribution is 5.93. The second-order valence-electron chi connectivity index (χ2n) is 6.57. The molecule has 6 nitrogen and oxygen atoms in total. The van der Waals surface area contributed by atoms with Crippen molar-refractivity contribution in [1.82, 2.24) is 14.7 Å². The van der Waals surface area contributed by atoms with Crippen LogP contribution in [0.15, 0.2) is 35.1 Å². The summed E-state index contributed by atoms with van der Waals surface area (Å²) in [6.45, 7) is 6.83. The van der Waals surface area contributed by atoms with Crippen molar-refractivity contribution in [1.29, 1.82) is 0 Å². The van der Waals surface area contributed by atoms with Crippen LogP contribution in [0.25, 0.3) is 0 Å². The van der Waals surface area contributed by atoms with E-state index in [-0.39, 0.29) is 18.0 Å². The second kappa shape index (κ2) is 7.21. The molecule has 1 saturated carbocycles. The monoisotopic (exact) mass is 330 g/mol. The van der Waals surface area contributed by atoms with Gasteiger partial charge in [0.05, 0.1) is 31.1 Å². The highest BCUT2D eigenvalue weighted by Crippen LogP contribution is 2.30. The molecular formula is C18H26N4O2. The Morgan fingerprint density at radius 2 is 2.25 bits per heavy atom. The predicted molar refractivity (Wildman–Crippen MR) is 92.6 cm³/mol. The Bertz CT molecular complexity index is 660. The third-order valence-corrected chi connectivity index (χ3v) is 4.74. The zero-order valence-electron chi connectivity index (χ0n) is 14.6. The van der Waals surface area contributed by atoms with E-state index in [1.54, 1.807) is 12.5 Å². The van der Waals surface area contributed by atoms with Gasteiger partial charge in [0.1, 0.15) is 11.6 Å². The van der Waals surface area contributed by atoms with E-state index in [2.05, 4.69) is 29.2 Å². The van der Waals surface area contributed by atoms with Crippen LogP contribution in [0.1, 0.15) is 51.8 Å². The molecule has 130 valence electrons. The fourth-order valence-electron chi connectivity index (χ4n) is 2.89. The molecule has 0 aliphatic heterocycles. The fraction of sp³-hybridized carbons (Fsp3) is 0.556. The van der Waals surface area contributed by atoms with E-state index < -0.39 is 0 Å². The molecule has 1 fully saturated rings. The van der Waals surface area contributed by atoms with Crippen LogP contribution in [0.4, 0.5) is 5.82 Å². The highest BCUT2D eigenvalue weighted by Gasteiger charge is 2.35. The first-order chi connectivity index (χ1) is 11.6. The number of carbonyl (C=O) groups excluding carboxylic acids is 1. The first-order valence-corrected chi connectivity index (χ1v) is 8.72. The maximum Gasteiger partial charge on any atom is 0.242 e. The summed E-state index contributed by atoms with van der Waals surface area (Å²) in [5.41, 5.74) is 0. The molecule has 1 aliphatic rings. The van der Waals surface area contributed by atoms with Crippen molar-refractivity contribution in [3.63, 3.8) is 0 Å². The van der Waals surface area contributed by atoms with Gasteiger partial charge < -0.3 is 9.73 Å². The standard InChI is InChI=1S/C18H26N4O2/c1-4-13(2)22-17(9-10-19-22)20-18(23)14(3)21(15-7-8-15)12-16-6-5-11-24-16/h5-6,9-11,13-15H,4,7-8,12H2,1-3H3,(H,20,23). The van der Waals surface area contributed by atoms with Crippen LogP contribution in [0.5, 0.6) is 0 Å². The molecule has 0 aromatic carbocycles. The van der Waals surface area contributed by atoms with Gasteiger partial charge in [-0.15, -0.1) is 0 Å². The van der Waals surface area contributed by atoms with Gasteiger partial charge in [-0.25, -0.2) is 4.68 Å². The van der Waals surface area contributed by atoms with Gasteiger partial charge in [-0.3, -0.25) is 9.69 Å². The van der Waals surface area contributed by atoms with Gasteiger partial charge in [-0.1, -0.05) is 6.92 Å². The van der Waals surface area contributed by atoms with E-state index >= 15 is 0 Å². The number of aromatic nitrogens is 2. The second-order valence-corrected chi connectivity index (χ2v) is 6.57. The molecule has 2 heterocycles. The van der Waals surface area contributed by atoms with Gasteiger partial charge in [0.2, 0.25) is 5.91 Å². The summed E-state index contributed by atoms with van der Waals surface area (Å²) in [5.74, 6) is 1.65. The summed E-state index contributed by atoms with van der Waals surface area (Å²) in [6, 6.07) is 6.20. The Kier molecular flexibility index (Phi) is 5.04. The topological polar surface area (TPSA) is 63.3 Å². The number of hydrogen-bond donors (Lipinski definition) is 1. The molecule has 24 heavy (non-hydrogen) atoms. The molecule has 3 rings (SSSR count). The number of rotatable bonds is 8. The van der Waals surface area contributed by atoms with Gasteiger partial charge in [0.25, 0.3) is 0 Å². The van der Waals surface area contributed by atoms with Crippen molar-refractivity contribution < 1.29 is 9.21 Å². The lowest BCUT2D eigenvalue weighted by atomic mass is 10.2. The van der Waals surface area contributed by atoms with E-state index in [9.17, 15) is 4.79 Å². The van der Waals surface area contributed by atoms with E-state index in [4.69, 9.17) is 4.42 Å². The van der Waals surface area contributed by atoms with Crippen LogP contribution in [0, 0.1) is 0 Å². The van der Waals surface area contributed by atoms with Crippen molar-refractivity contribution in [3.8, 4) is 0 Å². The first kappa shape index (κ1) is 16.8. The molecular weight excluding hydrogens is 304 g/mol. The van der Waals surface area contributed by atoms with Crippen LogP contribution in [0.3, 0.4) is 0 Å². The summed E-state index contributed by atoms with van der Waals surface area (Å²) in [5, 5.41) is 7.36. The minimum absolute atomic E-state index is 0.00138. The molecule has 1 N–H and O–H groups in total. The number of anilines is 1. The number of hydrogen-bond acceptors (Lipinski definition) is 4. The number of nitrogens with zero attached hydrogens (tertiary/aromatic N) is 3. The average molecular weight is 330 g/mol. The molecule has 1 aliphatic carbocycles. The molecule has 0 bridgehead atoms. The van der Waals surface area contributed by atoms with Gasteiger partial charge in [0, 0.05) is 12.1 Å².